The minimum Gasteiger partial charge on any atom is -0.406 e. The molecule has 3 nitrogen and oxygen atoms in total. The molecule has 1 rings (SSSR count). The first-order chi connectivity index (χ1) is 9.42. The van der Waals surface area contributed by atoms with Crippen LogP contribution in [-0.4, -0.2) is 15.3 Å². The van der Waals surface area contributed by atoms with Gasteiger partial charge >= 0.3 is 6.36 Å². The van der Waals surface area contributed by atoms with Crippen LogP contribution in [0.3, 0.4) is 0 Å². The fraction of sp³-hybridized carbons (Fsp3) is 0.538. The second kappa shape index (κ2) is 6.31. The summed E-state index contributed by atoms with van der Waals surface area (Å²) in [5.74, 6) is -1.77. The molecule has 2 N–H and O–H groups in total. The first-order valence-corrected chi connectivity index (χ1v) is 7.35. The van der Waals surface area contributed by atoms with Crippen LogP contribution in [0.2, 0.25) is 0 Å². The van der Waals surface area contributed by atoms with Gasteiger partial charge in [0.2, 0.25) is 0 Å². The van der Waals surface area contributed by atoms with Gasteiger partial charge in [-0.25, -0.2) is 8.60 Å². The molecule has 0 spiro atoms. The van der Waals surface area contributed by atoms with Crippen molar-refractivity contribution >= 4 is 11.0 Å². The highest BCUT2D eigenvalue weighted by Crippen LogP contribution is 2.32. The third-order valence-corrected chi connectivity index (χ3v) is 4.33. The highest BCUT2D eigenvalue weighted by Gasteiger charge is 2.32. The summed E-state index contributed by atoms with van der Waals surface area (Å²) >= 11 is 0. The summed E-state index contributed by atoms with van der Waals surface area (Å²) in [6.07, 6.45) is -4.54. The second-order valence-electron chi connectivity index (χ2n) is 5.39. The summed E-state index contributed by atoms with van der Waals surface area (Å²) in [7, 11) is -1.59. The Morgan fingerprint density at radius 1 is 1.33 bits per heavy atom. The maximum atomic E-state index is 13.9. The number of halogens is 4. The molecule has 1 aromatic rings. The van der Waals surface area contributed by atoms with Gasteiger partial charge in [0.15, 0.2) is 0 Å². The molecule has 0 aliphatic heterocycles. The van der Waals surface area contributed by atoms with E-state index in [0.717, 1.165) is 6.07 Å². The van der Waals surface area contributed by atoms with Crippen molar-refractivity contribution in [3.63, 3.8) is 0 Å². The molecule has 0 heterocycles. The monoisotopic (exact) mass is 327 g/mol. The molecule has 8 heteroatoms. The third kappa shape index (κ3) is 5.28. The van der Waals surface area contributed by atoms with Crippen LogP contribution in [0.15, 0.2) is 18.2 Å². The fourth-order valence-corrected chi connectivity index (χ4v) is 2.45. The molecule has 1 aromatic carbocycles. The van der Waals surface area contributed by atoms with E-state index in [1.54, 1.807) is 20.8 Å². The van der Waals surface area contributed by atoms with Gasteiger partial charge in [0.05, 0.1) is 15.7 Å². The van der Waals surface area contributed by atoms with Crippen molar-refractivity contribution in [2.24, 2.45) is 5.14 Å². The number of benzene rings is 1. The van der Waals surface area contributed by atoms with Gasteiger partial charge in [-0.2, -0.15) is 0 Å². The lowest BCUT2D eigenvalue weighted by molar-refractivity contribution is -0.274. The van der Waals surface area contributed by atoms with Crippen LogP contribution in [0.4, 0.5) is 17.6 Å². The Hall–Kier alpha value is -1.15. The highest BCUT2D eigenvalue weighted by atomic mass is 32.2. The maximum absolute atomic E-state index is 13.9. The quantitative estimate of drug-likeness (QED) is 0.840. The van der Waals surface area contributed by atoms with Gasteiger partial charge in [0.25, 0.3) is 0 Å². The van der Waals surface area contributed by atoms with Crippen molar-refractivity contribution in [2.45, 2.75) is 44.2 Å². The van der Waals surface area contributed by atoms with E-state index in [1.807, 2.05) is 0 Å². The zero-order chi connectivity index (χ0) is 16.4. The lowest BCUT2D eigenvalue weighted by Gasteiger charge is -2.25. The number of hydrogen-bond donors (Lipinski definition) is 1. The van der Waals surface area contributed by atoms with Crippen molar-refractivity contribution in [1.82, 2.24) is 0 Å². The van der Waals surface area contributed by atoms with Gasteiger partial charge < -0.3 is 4.74 Å². The van der Waals surface area contributed by atoms with E-state index < -0.39 is 33.7 Å². The largest absolute Gasteiger partial charge is 0.573 e. The standard InChI is InChI=1S/C13H17F4NO2S/c1-8(7-12(2,3)21(18)19)10-5-4-9(6-11(10)14)20-13(15,16)17/h4-6,8H,7,18H2,1-3H3/t8-,21?/m0/s1. The Labute approximate surface area is 123 Å². The molecule has 0 aromatic heterocycles. The van der Waals surface area contributed by atoms with Crippen LogP contribution in [0, 0.1) is 5.82 Å². The van der Waals surface area contributed by atoms with Crippen molar-refractivity contribution < 1.29 is 26.5 Å². The zero-order valence-corrected chi connectivity index (χ0v) is 12.6. The number of rotatable bonds is 5. The Bertz CT molecular complexity index is 531. The van der Waals surface area contributed by atoms with Crippen LogP contribution in [-0.2, 0) is 11.0 Å². The molecule has 120 valence electrons. The molecule has 21 heavy (non-hydrogen) atoms. The summed E-state index contributed by atoms with van der Waals surface area (Å²) < 4.78 is 64.3. The van der Waals surface area contributed by atoms with E-state index >= 15 is 0 Å². The average molecular weight is 327 g/mol. The molecule has 0 saturated carbocycles. The van der Waals surface area contributed by atoms with Gasteiger partial charge in [-0.1, -0.05) is 13.0 Å². The van der Waals surface area contributed by atoms with Crippen molar-refractivity contribution in [1.29, 1.82) is 0 Å². The van der Waals surface area contributed by atoms with Gasteiger partial charge in [0, 0.05) is 6.07 Å². The summed E-state index contributed by atoms with van der Waals surface area (Å²) in [5.41, 5.74) is 0.225. The zero-order valence-electron chi connectivity index (χ0n) is 11.8. The van der Waals surface area contributed by atoms with Crippen molar-refractivity contribution in [3.05, 3.63) is 29.6 Å². The lowest BCUT2D eigenvalue weighted by Crippen LogP contribution is -2.33. The molecule has 2 atom stereocenters. The van der Waals surface area contributed by atoms with Crippen LogP contribution in [0.5, 0.6) is 5.75 Å². The van der Waals surface area contributed by atoms with Crippen LogP contribution >= 0.6 is 0 Å². The van der Waals surface area contributed by atoms with Gasteiger partial charge in [-0.15, -0.1) is 13.2 Å². The molecular weight excluding hydrogens is 310 g/mol. The second-order valence-corrected chi connectivity index (χ2v) is 7.09. The van der Waals surface area contributed by atoms with Gasteiger partial charge in [-0.05, 0) is 37.8 Å². The summed E-state index contributed by atoms with van der Waals surface area (Å²) in [5, 5.41) is 5.36. The Kier molecular flexibility index (Phi) is 5.38. The normalized spacial score (nSPS) is 15.6. The molecule has 0 bridgehead atoms. The molecule has 0 aliphatic rings. The number of nitrogens with two attached hydrogens (primary N) is 1. The first-order valence-electron chi connectivity index (χ1n) is 6.14. The third-order valence-electron chi connectivity index (χ3n) is 3.08. The first kappa shape index (κ1) is 17.9. The van der Waals surface area contributed by atoms with E-state index in [2.05, 4.69) is 4.74 Å². The molecule has 0 amide bonds. The summed E-state index contributed by atoms with van der Waals surface area (Å²) in [4.78, 5) is 0. The van der Waals surface area contributed by atoms with Gasteiger partial charge in [-0.3, -0.25) is 5.14 Å². The summed E-state index contributed by atoms with van der Waals surface area (Å²) in [6.45, 7) is 5.05. The number of alkyl halides is 3. The van der Waals surface area contributed by atoms with Crippen molar-refractivity contribution in [2.75, 3.05) is 0 Å². The smallest absolute Gasteiger partial charge is 0.406 e. The minimum absolute atomic E-state index is 0.225. The van der Waals surface area contributed by atoms with Gasteiger partial charge in [0.1, 0.15) is 11.6 Å². The van der Waals surface area contributed by atoms with E-state index in [9.17, 15) is 21.8 Å². The Morgan fingerprint density at radius 2 is 1.90 bits per heavy atom. The predicted octanol–water partition coefficient (Wildman–Crippen LogP) is 3.62. The van der Waals surface area contributed by atoms with Crippen LogP contribution in [0.1, 0.15) is 38.7 Å². The molecule has 0 fully saturated rings. The molecule has 1 unspecified atom stereocenters. The minimum atomic E-state index is -4.86. The van der Waals surface area contributed by atoms with E-state index in [1.165, 1.54) is 6.07 Å². The SMILES string of the molecule is C[C@@H](CC(C)(C)S(N)=O)c1ccc(OC(F)(F)F)cc1F. The number of hydrogen-bond acceptors (Lipinski definition) is 2. The highest BCUT2D eigenvalue weighted by molar-refractivity contribution is 7.84. The fourth-order valence-electron chi connectivity index (χ4n) is 2.03. The van der Waals surface area contributed by atoms with E-state index in [4.69, 9.17) is 5.14 Å². The predicted molar refractivity (Wildman–Crippen MR) is 72.5 cm³/mol. The maximum Gasteiger partial charge on any atom is 0.573 e. The topological polar surface area (TPSA) is 52.3 Å². The van der Waals surface area contributed by atoms with E-state index in [-0.39, 0.29) is 11.5 Å². The van der Waals surface area contributed by atoms with Crippen molar-refractivity contribution in [3.8, 4) is 5.75 Å². The van der Waals surface area contributed by atoms with Crippen LogP contribution < -0.4 is 9.88 Å². The summed E-state index contributed by atoms with van der Waals surface area (Å²) in [6, 6.07) is 2.97. The van der Waals surface area contributed by atoms with E-state index in [0.29, 0.717) is 12.5 Å². The Balaban J connectivity index is 2.92. The molecule has 0 aliphatic carbocycles. The van der Waals surface area contributed by atoms with Crippen LogP contribution in [0.25, 0.3) is 0 Å². The lowest BCUT2D eigenvalue weighted by atomic mass is 9.91. The Morgan fingerprint density at radius 3 is 2.33 bits per heavy atom. The molecular formula is C13H17F4NO2S. The average Bonchev–Trinajstić information content (AvgIpc) is 2.25. The molecule has 0 radical (unpaired) electrons. The number of ether oxygens (including phenoxy) is 1. The molecule has 0 saturated heterocycles.